The Bertz CT molecular complexity index is 1300. The molecular formula is C26H29ClN4O3S. The smallest absolute Gasteiger partial charge is 0.243 e. The van der Waals surface area contributed by atoms with Crippen molar-refractivity contribution in [3.8, 4) is 0 Å². The van der Waals surface area contributed by atoms with E-state index in [1.165, 1.54) is 4.31 Å². The molecule has 1 aromatic heterocycles. The molecule has 0 aliphatic carbocycles. The zero-order chi connectivity index (χ0) is 24.4. The first kappa shape index (κ1) is 24.2. The van der Waals surface area contributed by atoms with Crippen LogP contribution in [-0.2, 0) is 21.4 Å². The maximum Gasteiger partial charge on any atom is 0.243 e. The molecule has 184 valence electrons. The molecule has 1 amide bonds. The van der Waals surface area contributed by atoms with Gasteiger partial charge in [0, 0.05) is 49.9 Å². The number of halogens is 1. The fourth-order valence-corrected chi connectivity index (χ4v) is 6.61. The largest absolute Gasteiger partial charge is 0.340 e. The molecule has 2 saturated heterocycles. The summed E-state index contributed by atoms with van der Waals surface area (Å²) in [5.74, 6) is 0.160. The Morgan fingerprint density at radius 2 is 1.63 bits per heavy atom. The van der Waals surface area contributed by atoms with Crippen molar-refractivity contribution in [3.05, 3.63) is 71.5 Å². The Morgan fingerprint density at radius 3 is 2.34 bits per heavy atom. The molecule has 0 unspecified atom stereocenters. The first-order chi connectivity index (χ1) is 16.9. The standard InChI is InChI=1S/C26H29ClN4O3S/c27-23-6-4-22-18-25(7-5-21(22)17-23)35(33,34)31-15-13-30(14-16-31)26(32)20-8-11-29(12-9-20)19-24-3-1-2-10-28-24/h1-7,10,17-18,20H,8-9,11-16,19H2. The van der Waals surface area contributed by atoms with E-state index in [0.29, 0.717) is 31.2 Å². The van der Waals surface area contributed by atoms with E-state index >= 15 is 0 Å². The molecular weight excluding hydrogens is 484 g/mol. The first-order valence-corrected chi connectivity index (χ1v) is 13.8. The van der Waals surface area contributed by atoms with Gasteiger partial charge in [0.1, 0.15) is 0 Å². The molecule has 2 fully saturated rings. The highest BCUT2D eigenvalue weighted by molar-refractivity contribution is 7.89. The Hall–Kier alpha value is -2.52. The van der Waals surface area contributed by atoms with Crippen molar-refractivity contribution in [2.24, 2.45) is 5.92 Å². The van der Waals surface area contributed by atoms with Gasteiger partial charge in [0.15, 0.2) is 0 Å². The van der Waals surface area contributed by atoms with Crippen molar-refractivity contribution >= 4 is 38.3 Å². The topological polar surface area (TPSA) is 73.8 Å². The summed E-state index contributed by atoms with van der Waals surface area (Å²) in [4.78, 5) is 22.0. The molecule has 0 spiro atoms. The summed E-state index contributed by atoms with van der Waals surface area (Å²) in [6.45, 7) is 4.02. The molecule has 0 bridgehead atoms. The van der Waals surface area contributed by atoms with Crippen LogP contribution in [0.4, 0.5) is 0 Å². The predicted octanol–water partition coefficient (Wildman–Crippen LogP) is 3.63. The highest BCUT2D eigenvalue weighted by Gasteiger charge is 2.34. The highest BCUT2D eigenvalue weighted by atomic mass is 35.5. The molecule has 2 aliphatic heterocycles. The van der Waals surface area contributed by atoms with Crippen LogP contribution in [0.25, 0.3) is 10.8 Å². The summed E-state index contributed by atoms with van der Waals surface area (Å²) in [7, 11) is -3.62. The van der Waals surface area contributed by atoms with E-state index in [-0.39, 0.29) is 16.7 Å². The number of piperazine rings is 1. The van der Waals surface area contributed by atoms with E-state index in [0.717, 1.165) is 48.9 Å². The molecule has 2 aliphatic rings. The maximum absolute atomic E-state index is 13.2. The number of rotatable bonds is 5. The van der Waals surface area contributed by atoms with Crippen LogP contribution >= 0.6 is 11.6 Å². The molecule has 0 radical (unpaired) electrons. The van der Waals surface area contributed by atoms with E-state index in [1.54, 1.807) is 24.3 Å². The average molecular weight is 513 g/mol. The second kappa shape index (κ2) is 10.2. The number of benzene rings is 2. The van der Waals surface area contributed by atoms with E-state index < -0.39 is 10.0 Å². The van der Waals surface area contributed by atoms with Crippen LogP contribution in [0.1, 0.15) is 18.5 Å². The third kappa shape index (κ3) is 5.35. The number of hydrogen-bond acceptors (Lipinski definition) is 5. The number of fused-ring (bicyclic) bond motifs is 1. The molecule has 0 atom stereocenters. The molecule has 2 aromatic carbocycles. The third-order valence-corrected chi connectivity index (χ3v) is 9.14. The van der Waals surface area contributed by atoms with Gasteiger partial charge in [-0.05, 0) is 73.1 Å². The molecule has 0 saturated carbocycles. The van der Waals surface area contributed by atoms with Crippen LogP contribution in [0.2, 0.25) is 5.02 Å². The number of carbonyl (C=O) groups is 1. The number of piperidine rings is 1. The lowest BCUT2D eigenvalue weighted by Crippen LogP contribution is -2.52. The summed E-state index contributed by atoms with van der Waals surface area (Å²) >= 11 is 6.04. The molecule has 3 heterocycles. The number of pyridine rings is 1. The molecule has 35 heavy (non-hydrogen) atoms. The molecule has 9 heteroatoms. The Morgan fingerprint density at radius 1 is 0.914 bits per heavy atom. The second-order valence-corrected chi connectivity index (χ2v) is 11.6. The van der Waals surface area contributed by atoms with Gasteiger partial charge in [-0.1, -0.05) is 29.8 Å². The minimum absolute atomic E-state index is 0.00505. The lowest BCUT2D eigenvalue weighted by atomic mass is 9.95. The molecule has 7 nitrogen and oxygen atoms in total. The summed E-state index contributed by atoms with van der Waals surface area (Å²) in [6, 6.07) is 16.4. The van der Waals surface area contributed by atoms with Crippen molar-refractivity contribution in [1.82, 2.24) is 19.1 Å². The summed E-state index contributed by atoms with van der Waals surface area (Å²) < 4.78 is 28.0. The van der Waals surface area contributed by atoms with Crippen molar-refractivity contribution in [2.45, 2.75) is 24.3 Å². The number of aromatic nitrogens is 1. The van der Waals surface area contributed by atoms with Gasteiger partial charge in [-0.2, -0.15) is 4.31 Å². The third-order valence-electron chi connectivity index (χ3n) is 7.01. The van der Waals surface area contributed by atoms with Crippen molar-refractivity contribution in [3.63, 3.8) is 0 Å². The van der Waals surface area contributed by atoms with Crippen molar-refractivity contribution < 1.29 is 13.2 Å². The number of hydrogen-bond donors (Lipinski definition) is 0. The molecule has 3 aromatic rings. The molecule has 0 N–H and O–H groups in total. The monoisotopic (exact) mass is 512 g/mol. The van der Waals surface area contributed by atoms with E-state index in [9.17, 15) is 13.2 Å². The minimum Gasteiger partial charge on any atom is -0.340 e. The number of amides is 1. The zero-order valence-electron chi connectivity index (χ0n) is 19.5. The molecule has 5 rings (SSSR count). The quantitative estimate of drug-likeness (QED) is 0.522. The summed E-state index contributed by atoms with van der Waals surface area (Å²) in [5, 5.41) is 2.35. The number of carbonyl (C=O) groups excluding carboxylic acids is 1. The lowest BCUT2D eigenvalue weighted by Gasteiger charge is -2.38. The van der Waals surface area contributed by atoms with Crippen LogP contribution in [0.5, 0.6) is 0 Å². The van der Waals surface area contributed by atoms with Gasteiger partial charge in [-0.3, -0.25) is 14.7 Å². The van der Waals surface area contributed by atoms with Gasteiger partial charge < -0.3 is 4.90 Å². The minimum atomic E-state index is -3.62. The van der Waals surface area contributed by atoms with Gasteiger partial charge in [0.2, 0.25) is 15.9 Å². The zero-order valence-corrected chi connectivity index (χ0v) is 21.1. The Kier molecular flexibility index (Phi) is 7.07. The summed E-state index contributed by atoms with van der Waals surface area (Å²) in [6.07, 6.45) is 3.46. The maximum atomic E-state index is 13.2. The number of sulfonamides is 1. The number of nitrogens with zero attached hydrogens (tertiary/aromatic N) is 4. The van der Waals surface area contributed by atoms with Crippen LogP contribution in [-0.4, -0.2) is 72.7 Å². The van der Waals surface area contributed by atoms with E-state index in [2.05, 4.69) is 9.88 Å². The van der Waals surface area contributed by atoms with Crippen molar-refractivity contribution in [2.75, 3.05) is 39.3 Å². The summed E-state index contributed by atoms with van der Waals surface area (Å²) in [5.41, 5.74) is 1.05. The fourth-order valence-electron chi connectivity index (χ4n) is 4.97. The van der Waals surface area contributed by atoms with Crippen LogP contribution in [0, 0.1) is 5.92 Å². The van der Waals surface area contributed by atoms with Gasteiger partial charge in [0.05, 0.1) is 10.6 Å². The van der Waals surface area contributed by atoms with E-state index in [1.807, 2.05) is 41.4 Å². The fraction of sp³-hybridized carbons (Fsp3) is 0.385. The lowest BCUT2D eigenvalue weighted by molar-refractivity contribution is -0.138. The predicted molar refractivity (Wildman–Crippen MR) is 137 cm³/mol. The highest BCUT2D eigenvalue weighted by Crippen LogP contribution is 2.26. The average Bonchev–Trinajstić information content (AvgIpc) is 2.89. The van der Waals surface area contributed by atoms with Gasteiger partial charge >= 0.3 is 0 Å². The first-order valence-electron chi connectivity index (χ1n) is 12.0. The second-order valence-electron chi connectivity index (χ2n) is 9.25. The van der Waals surface area contributed by atoms with Gasteiger partial charge in [-0.15, -0.1) is 0 Å². The van der Waals surface area contributed by atoms with Crippen LogP contribution in [0.3, 0.4) is 0 Å². The van der Waals surface area contributed by atoms with Crippen molar-refractivity contribution in [1.29, 1.82) is 0 Å². The van der Waals surface area contributed by atoms with Crippen LogP contribution in [0.15, 0.2) is 65.7 Å². The van der Waals surface area contributed by atoms with Gasteiger partial charge in [0.25, 0.3) is 0 Å². The van der Waals surface area contributed by atoms with E-state index in [4.69, 9.17) is 11.6 Å². The SMILES string of the molecule is O=C(C1CCN(Cc2ccccn2)CC1)N1CCN(S(=O)(=O)c2ccc3cc(Cl)ccc3c2)CC1. The van der Waals surface area contributed by atoms with Crippen LogP contribution < -0.4 is 0 Å². The van der Waals surface area contributed by atoms with Gasteiger partial charge in [-0.25, -0.2) is 8.42 Å². The normalized spacial score (nSPS) is 18.7. The Labute approximate surface area is 211 Å². The number of likely N-dealkylation sites (tertiary alicyclic amines) is 1. The Balaban J connectivity index is 1.16.